The van der Waals surface area contributed by atoms with Gasteiger partial charge in [0.15, 0.2) is 0 Å². The first-order chi connectivity index (χ1) is 21.1. The Morgan fingerprint density at radius 2 is 1.80 bits per heavy atom. The molecule has 1 aromatic heterocycles. The second-order valence-corrected chi connectivity index (χ2v) is 14.0. The van der Waals surface area contributed by atoms with Gasteiger partial charge in [-0.2, -0.15) is 0 Å². The summed E-state index contributed by atoms with van der Waals surface area (Å²) in [6, 6.07) is 25.1. The van der Waals surface area contributed by atoms with E-state index >= 15 is 0 Å². The number of hydrogen-bond acceptors (Lipinski definition) is 8. The molecular formula is C33H37N3O6S2. The molecule has 44 heavy (non-hydrogen) atoms. The van der Waals surface area contributed by atoms with Gasteiger partial charge in [-0.05, 0) is 73.4 Å². The number of anilines is 1. The first-order valence-electron chi connectivity index (χ1n) is 14.4. The predicted octanol–water partition coefficient (Wildman–Crippen LogP) is 5.69. The zero-order valence-corrected chi connectivity index (χ0v) is 26.6. The quantitative estimate of drug-likeness (QED) is 0.218. The SMILES string of the molecule is C[C@H]1CN([C@@H](C)CO)C(=O)c2cc(NS(=O)(=O)c3cccs3)ccc2O[C@@H]1CN(C)Cc1ccc(Oc2ccccc2)cc1. The fourth-order valence-electron chi connectivity index (χ4n) is 5.10. The van der Waals surface area contributed by atoms with Crippen LogP contribution in [0.4, 0.5) is 5.69 Å². The van der Waals surface area contributed by atoms with Gasteiger partial charge in [0.25, 0.3) is 15.9 Å². The maximum atomic E-state index is 13.7. The lowest BCUT2D eigenvalue weighted by atomic mass is 9.99. The molecule has 0 bridgehead atoms. The van der Waals surface area contributed by atoms with Gasteiger partial charge in [-0.25, -0.2) is 8.42 Å². The first kappa shape index (κ1) is 31.5. The third-order valence-corrected chi connectivity index (χ3v) is 10.3. The molecule has 9 nitrogen and oxygen atoms in total. The second kappa shape index (κ2) is 13.8. The minimum absolute atomic E-state index is 0.0535. The lowest BCUT2D eigenvalue weighted by Gasteiger charge is -2.38. The Labute approximate surface area is 262 Å². The monoisotopic (exact) mass is 635 g/mol. The average molecular weight is 636 g/mol. The van der Waals surface area contributed by atoms with E-state index in [4.69, 9.17) is 9.47 Å². The highest BCUT2D eigenvalue weighted by Crippen LogP contribution is 2.32. The van der Waals surface area contributed by atoms with Crippen LogP contribution in [-0.2, 0) is 16.6 Å². The number of nitrogens with zero attached hydrogens (tertiary/aromatic N) is 2. The molecule has 0 saturated carbocycles. The molecule has 5 rings (SSSR count). The molecule has 232 valence electrons. The number of para-hydroxylation sites is 1. The molecule has 3 aromatic carbocycles. The molecule has 3 atom stereocenters. The van der Waals surface area contributed by atoms with E-state index in [1.807, 2.05) is 68.6 Å². The first-order valence-corrected chi connectivity index (χ1v) is 16.8. The van der Waals surface area contributed by atoms with Crippen LogP contribution in [-0.4, -0.2) is 68.1 Å². The van der Waals surface area contributed by atoms with Crippen molar-refractivity contribution in [1.29, 1.82) is 0 Å². The molecule has 1 aliphatic heterocycles. The van der Waals surface area contributed by atoms with E-state index in [9.17, 15) is 18.3 Å². The number of carbonyl (C=O) groups excluding carboxylic acids is 1. The van der Waals surface area contributed by atoms with Gasteiger partial charge in [0.2, 0.25) is 0 Å². The normalized spacial score (nSPS) is 17.8. The molecule has 1 amide bonds. The number of benzene rings is 3. The molecule has 0 unspecified atom stereocenters. The summed E-state index contributed by atoms with van der Waals surface area (Å²) in [4.78, 5) is 17.5. The summed E-state index contributed by atoms with van der Waals surface area (Å²) < 4.78 is 40.8. The number of likely N-dealkylation sites (N-methyl/N-ethyl adjacent to an activating group) is 1. The van der Waals surface area contributed by atoms with Crippen molar-refractivity contribution in [2.75, 3.05) is 31.5 Å². The number of hydrogen-bond donors (Lipinski definition) is 2. The summed E-state index contributed by atoms with van der Waals surface area (Å²) in [6.07, 6.45) is -0.283. The molecule has 11 heteroatoms. The van der Waals surface area contributed by atoms with Gasteiger partial charge in [0, 0.05) is 31.2 Å². The summed E-state index contributed by atoms with van der Waals surface area (Å²) in [5, 5.41) is 11.6. The van der Waals surface area contributed by atoms with E-state index in [0.29, 0.717) is 25.4 Å². The molecule has 4 aromatic rings. The maximum Gasteiger partial charge on any atom is 0.271 e. The Bertz CT molecular complexity index is 1650. The fraction of sp³-hybridized carbons (Fsp3) is 0.303. The third kappa shape index (κ3) is 7.59. The van der Waals surface area contributed by atoms with Gasteiger partial charge in [-0.15, -0.1) is 11.3 Å². The summed E-state index contributed by atoms with van der Waals surface area (Å²) in [5.74, 6) is 1.54. The van der Waals surface area contributed by atoms with E-state index in [2.05, 4.69) is 9.62 Å². The van der Waals surface area contributed by atoms with E-state index in [0.717, 1.165) is 28.4 Å². The number of aliphatic hydroxyl groups excluding tert-OH is 1. The predicted molar refractivity (Wildman–Crippen MR) is 172 cm³/mol. The van der Waals surface area contributed by atoms with Gasteiger partial charge < -0.3 is 19.5 Å². The van der Waals surface area contributed by atoms with Crippen LogP contribution < -0.4 is 14.2 Å². The number of sulfonamides is 1. The van der Waals surface area contributed by atoms with Crippen molar-refractivity contribution in [3.63, 3.8) is 0 Å². The van der Waals surface area contributed by atoms with Gasteiger partial charge in [-0.1, -0.05) is 43.3 Å². The molecule has 0 spiro atoms. The molecule has 2 heterocycles. The molecular weight excluding hydrogens is 599 g/mol. The van der Waals surface area contributed by atoms with Crippen LogP contribution in [0.15, 0.2) is 94.5 Å². The van der Waals surface area contributed by atoms with Crippen LogP contribution in [0.2, 0.25) is 0 Å². The highest BCUT2D eigenvalue weighted by molar-refractivity contribution is 7.94. The second-order valence-electron chi connectivity index (χ2n) is 11.1. The Hall–Kier alpha value is -3.90. The largest absolute Gasteiger partial charge is 0.488 e. The summed E-state index contributed by atoms with van der Waals surface area (Å²) in [5.41, 5.74) is 1.61. The molecule has 1 aliphatic rings. The zero-order chi connectivity index (χ0) is 31.3. The van der Waals surface area contributed by atoms with Crippen molar-refractivity contribution < 1.29 is 27.8 Å². The Balaban J connectivity index is 1.33. The summed E-state index contributed by atoms with van der Waals surface area (Å²) in [7, 11) is -1.78. The van der Waals surface area contributed by atoms with Crippen molar-refractivity contribution in [3.8, 4) is 17.2 Å². The third-order valence-electron chi connectivity index (χ3n) is 7.52. The minimum Gasteiger partial charge on any atom is -0.488 e. The van der Waals surface area contributed by atoms with Crippen molar-refractivity contribution in [3.05, 3.63) is 101 Å². The van der Waals surface area contributed by atoms with Crippen LogP contribution in [0.3, 0.4) is 0 Å². The van der Waals surface area contributed by atoms with Gasteiger partial charge in [-0.3, -0.25) is 14.4 Å². The number of thiophene rings is 1. The van der Waals surface area contributed by atoms with E-state index in [-0.39, 0.29) is 40.0 Å². The topological polar surface area (TPSA) is 108 Å². The number of amides is 1. The maximum absolute atomic E-state index is 13.7. The standard InChI is InChI=1S/C33H37N3O6S2/c1-23-19-36(24(2)22-37)33(38)29-18-26(34-44(39,40)32-10-7-17-43-32)13-16-30(29)42-31(23)21-35(3)20-25-11-14-28(15-12-25)41-27-8-5-4-6-9-27/h4-18,23-24,31,34,37H,19-22H2,1-3H3/t23-,24-,31+/m0/s1. The van der Waals surface area contributed by atoms with Crippen molar-refractivity contribution in [1.82, 2.24) is 9.80 Å². The zero-order valence-electron chi connectivity index (χ0n) is 24.9. The number of fused-ring (bicyclic) bond motifs is 1. The van der Waals surface area contributed by atoms with Gasteiger partial charge in [0.1, 0.15) is 27.6 Å². The van der Waals surface area contributed by atoms with Gasteiger partial charge >= 0.3 is 0 Å². The molecule has 0 saturated heterocycles. The molecule has 0 fully saturated rings. The highest BCUT2D eigenvalue weighted by Gasteiger charge is 2.34. The molecule has 2 N–H and O–H groups in total. The van der Waals surface area contributed by atoms with Gasteiger partial charge in [0.05, 0.1) is 18.2 Å². The number of carbonyl (C=O) groups is 1. The number of rotatable bonds is 11. The summed E-state index contributed by atoms with van der Waals surface area (Å²) in [6.45, 7) is 5.24. The average Bonchev–Trinajstić information content (AvgIpc) is 3.57. The van der Waals surface area contributed by atoms with Crippen molar-refractivity contribution in [2.24, 2.45) is 5.92 Å². The van der Waals surface area contributed by atoms with E-state index in [1.165, 1.54) is 12.1 Å². The van der Waals surface area contributed by atoms with Crippen LogP contribution >= 0.6 is 11.3 Å². The molecule has 0 aliphatic carbocycles. The number of ether oxygens (including phenoxy) is 2. The van der Waals surface area contributed by atoms with E-state index < -0.39 is 16.1 Å². The Morgan fingerprint density at radius 3 is 2.48 bits per heavy atom. The lowest BCUT2D eigenvalue weighted by Crippen LogP contribution is -2.49. The minimum atomic E-state index is -3.80. The van der Waals surface area contributed by atoms with Crippen LogP contribution in [0.1, 0.15) is 29.8 Å². The Morgan fingerprint density at radius 1 is 1.07 bits per heavy atom. The van der Waals surface area contributed by atoms with Crippen molar-refractivity contribution in [2.45, 2.75) is 36.7 Å². The van der Waals surface area contributed by atoms with Crippen molar-refractivity contribution >= 4 is 33.0 Å². The highest BCUT2D eigenvalue weighted by atomic mass is 32.2. The fourth-order valence-corrected chi connectivity index (χ4v) is 7.14. The van der Waals surface area contributed by atoms with E-state index in [1.54, 1.807) is 35.4 Å². The Kier molecular flexibility index (Phi) is 9.90. The van der Waals surface area contributed by atoms with Crippen LogP contribution in [0.25, 0.3) is 0 Å². The number of aliphatic hydroxyl groups is 1. The number of nitrogens with one attached hydrogen (secondary N) is 1. The lowest BCUT2D eigenvalue weighted by molar-refractivity contribution is 0.0341. The van der Waals surface area contributed by atoms with Crippen LogP contribution in [0, 0.1) is 5.92 Å². The smallest absolute Gasteiger partial charge is 0.271 e. The summed E-state index contributed by atoms with van der Waals surface area (Å²) >= 11 is 1.11. The molecule has 0 radical (unpaired) electrons. The van der Waals surface area contributed by atoms with Crippen LogP contribution in [0.5, 0.6) is 17.2 Å².